The summed E-state index contributed by atoms with van der Waals surface area (Å²) in [5.41, 5.74) is -14.4. The van der Waals surface area contributed by atoms with E-state index in [1.165, 1.54) is 34.6 Å². The lowest BCUT2D eigenvalue weighted by atomic mass is 10.0. The number of ether oxygens (including phenoxy) is 3. The second-order valence-electron chi connectivity index (χ2n) is 13.1. The SMILES string of the molecule is CCCCN(c1c(OB(Oc2cc(C(F)(F)F)cc(C(F)(F)F)c2)Oc2cc(C(F)(F)F)cc(C(F)(F)F)c2)cc(C(F)(F)F)cc1C(F)(F)F)C(OCC)(OCC)C(C)OCC. The number of benzene rings is 3. The van der Waals surface area contributed by atoms with Crippen molar-refractivity contribution in [2.45, 2.75) is 96.5 Å². The van der Waals surface area contributed by atoms with Gasteiger partial charge in [-0.2, -0.15) is 79.0 Å². The third-order valence-corrected chi connectivity index (χ3v) is 8.53. The molecule has 354 valence electrons. The number of anilines is 1. The normalized spacial score (nSPS) is 13.8. The molecule has 3 rings (SSSR count). The molecule has 0 radical (unpaired) electrons. The van der Waals surface area contributed by atoms with Crippen LogP contribution in [0.2, 0.25) is 0 Å². The molecule has 1 unspecified atom stereocenters. The fraction of sp³-hybridized carbons (Fsp3) is 0.514. The Morgan fingerprint density at radius 3 is 1.19 bits per heavy atom. The predicted octanol–water partition coefficient (Wildman–Crippen LogP) is 13.1. The Labute approximate surface area is 347 Å². The van der Waals surface area contributed by atoms with Crippen molar-refractivity contribution in [2.24, 2.45) is 0 Å². The molecule has 0 fully saturated rings. The van der Waals surface area contributed by atoms with E-state index in [0.717, 1.165) is 0 Å². The fourth-order valence-corrected chi connectivity index (χ4v) is 5.90. The summed E-state index contributed by atoms with van der Waals surface area (Å²) >= 11 is 0. The minimum atomic E-state index is -5.83. The minimum Gasteiger partial charge on any atom is -0.490 e. The quantitative estimate of drug-likeness (QED) is 0.0715. The molecule has 0 N–H and O–H groups in total. The van der Waals surface area contributed by atoms with E-state index in [1.54, 1.807) is 0 Å². The number of alkyl halides is 18. The standard InChI is InChI=1S/C37H36BF18NO6/c1-6-10-11-57(37(59-8-3,60-9-4)20(5)58-7-2)30-28(36(54,55)56)18-25(35(51,52)53)19-29(30)63-38(61-26-14-21(31(39,40)41)12-22(15-26)32(42,43)44)62-27-16-23(33(45,46)47)13-24(17-27)34(48,49)50/h12-20H,6-11H2,1-5H3. The van der Waals surface area contributed by atoms with Crippen LogP contribution >= 0.6 is 0 Å². The molecule has 0 spiro atoms. The molecule has 0 saturated heterocycles. The van der Waals surface area contributed by atoms with Gasteiger partial charge in [0.2, 0.25) is 0 Å². The monoisotopic (exact) mass is 943 g/mol. The molecule has 0 amide bonds. The molecule has 0 aromatic heterocycles. The first-order chi connectivity index (χ1) is 28.7. The highest BCUT2D eigenvalue weighted by Crippen LogP contribution is 2.50. The second-order valence-corrected chi connectivity index (χ2v) is 13.1. The molecule has 0 aliphatic rings. The number of unbranched alkanes of at least 4 members (excludes halogenated alkanes) is 1. The van der Waals surface area contributed by atoms with E-state index in [2.05, 4.69) is 0 Å². The Morgan fingerprint density at radius 1 is 0.492 bits per heavy atom. The predicted molar refractivity (Wildman–Crippen MR) is 186 cm³/mol. The van der Waals surface area contributed by atoms with Crippen LogP contribution in [0.1, 0.15) is 80.8 Å². The van der Waals surface area contributed by atoms with E-state index >= 15 is 13.2 Å². The number of hydrogen-bond acceptors (Lipinski definition) is 7. The van der Waals surface area contributed by atoms with Crippen molar-refractivity contribution in [1.29, 1.82) is 0 Å². The summed E-state index contributed by atoms with van der Waals surface area (Å²) < 4.78 is 288. The van der Waals surface area contributed by atoms with Gasteiger partial charge in [-0.25, -0.2) is 0 Å². The van der Waals surface area contributed by atoms with Crippen LogP contribution in [0.15, 0.2) is 48.5 Å². The van der Waals surface area contributed by atoms with Gasteiger partial charge in [0.15, 0.2) is 0 Å². The Balaban J connectivity index is 2.61. The zero-order chi connectivity index (χ0) is 48.1. The van der Waals surface area contributed by atoms with E-state index in [0.29, 0.717) is 4.90 Å². The Morgan fingerprint density at radius 2 is 0.873 bits per heavy atom. The summed E-state index contributed by atoms with van der Waals surface area (Å²) in [6.45, 7) is 5.14. The summed E-state index contributed by atoms with van der Waals surface area (Å²) in [6.07, 6.45) is -35.6. The Kier molecular flexibility index (Phi) is 16.6. The van der Waals surface area contributed by atoms with E-state index < -0.39 is 151 Å². The first-order valence-electron chi connectivity index (χ1n) is 18.3. The van der Waals surface area contributed by atoms with Gasteiger partial charge in [0.1, 0.15) is 23.4 Å². The molecule has 0 aliphatic carbocycles. The highest BCUT2D eigenvalue weighted by atomic mass is 19.4. The van der Waals surface area contributed by atoms with Crippen LogP contribution in [0.25, 0.3) is 0 Å². The molecule has 3 aromatic rings. The molecule has 26 heteroatoms. The van der Waals surface area contributed by atoms with E-state index in [9.17, 15) is 65.9 Å². The molecular weight excluding hydrogens is 907 g/mol. The van der Waals surface area contributed by atoms with Gasteiger partial charge < -0.3 is 33.1 Å². The van der Waals surface area contributed by atoms with Gasteiger partial charge in [-0.15, -0.1) is 0 Å². The van der Waals surface area contributed by atoms with E-state index in [4.69, 9.17) is 28.2 Å². The zero-order valence-corrected chi connectivity index (χ0v) is 33.2. The van der Waals surface area contributed by atoms with Crippen molar-refractivity contribution in [1.82, 2.24) is 0 Å². The van der Waals surface area contributed by atoms with Crippen LogP contribution in [0.5, 0.6) is 17.2 Å². The van der Waals surface area contributed by atoms with Gasteiger partial charge in [-0.1, -0.05) is 13.3 Å². The third-order valence-electron chi connectivity index (χ3n) is 8.53. The van der Waals surface area contributed by atoms with Gasteiger partial charge in [0.25, 0.3) is 5.91 Å². The van der Waals surface area contributed by atoms with Crippen LogP contribution in [-0.2, 0) is 51.3 Å². The fourth-order valence-electron chi connectivity index (χ4n) is 5.90. The van der Waals surface area contributed by atoms with Gasteiger partial charge >= 0.3 is 44.4 Å². The average molecular weight is 943 g/mol. The van der Waals surface area contributed by atoms with Gasteiger partial charge in [0, 0.05) is 26.4 Å². The second kappa shape index (κ2) is 19.7. The summed E-state index contributed by atoms with van der Waals surface area (Å²) in [5.74, 6) is -7.58. The maximum Gasteiger partial charge on any atom is 0.864 e. The topological polar surface area (TPSA) is 58.6 Å². The van der Waals surface area contributed by atoms with Crippen molar-refractivity contribution in [3.8, 4) is 17.2 Å². The van der Waals surface area contributed by atoms with Crippen molar-refractivity contribution < 1.29 is 107 Å². The van der Waals surface area contributed by atoms with Crippen molar-refractivity contribution >= 4 is 13.0 Å². The van der Waals surface area contributed by atoms with Gasteiger partial charge in [0.05, 0.1) is 39.1 Å². The largest absolute Gasteiger partial charge is 0.864 e. The van der Waals surface area contributed by atoms with Crippen molar-refractivity contribution in [2.75, 3.05) is 31.3 Å². The third kappa shape index (κ3) is 13.5. The highest BCUT2D eigenvalue weighted by molar-refractivity contribution is 6.39. The molecule has 7 nitrogen and oxygen atoms in total. The summed E-state index contributed by atoms with van der Waals surface area (Å²) in [7, 11) is -3.41. The molecule has 63 heavy (non-hydrogen) atoms. The lowest BCUT2D eigenvalue weighted by molar-refractivity contribution is -0.284. The zero-order valence-electron chi connectivity index (χ0n) is 33.2. The number of halogens is 18. The minimum absolute atomic E-state index is 0.134. The molecule has 0 saturated carbocycles. The first kappa shape index (κ1) is 52.9. The van der Waals surface area contributed by atoms with Crippen LogP contribution in [0, 0.1) is 0 Å². The van der Waals surface area contributed by atoms with Crippen LogP contribution in [-0.4, -0.2) is 45.7 Å². The van der Waals surface area contributed by atoms with Crippen LogP contribution in [0.4, 0.5) is 84.7 Å². The maximum atomic E-state index is 15.2. The first-order valence-corrected chi connectivity index (χ1v) is 18.3. The molecule has 0 heterocycles. The average Bonchev–Trinajstić information content (AvgIpc) is 3.12. The lowest BCUT2D eigenvalue weighted by Crippen LogP contribution is -2.62. The Hall–Kier alpha value is -4.46. The van der Waals surface area contributed by atoms with Crippen LogP contribution < -0.4 is 18.9 Å². The van der Waals surface area contributed by atoms with Gasteiger partial charge in [-0.3, -0.25) is 0 Å². The Bertz CT molecular complexity index is 1830. The molecule has 0 aliphatic heterocycles. The molecule has 0 bridgehead atoms. The molecule has 1 atom stereocenters. The molecule has 3 aromatic carbocycles. The number of hydrogen-bond donors (Lipinski definition) is 0. The van der Waals surface area contributed by atoms with Crippen molar-refractivity contribution in [3.63, 3.8) is 0 Å². The van der Waals surface area contributed by atoms with Gasteiger partial charge in [-0.05, 0) is 82.6 Å². The lowest BCUT2D eigenvalue weighted by Gasteiger charge is -2.48. The molecular formula is C37H36BF18NO6. The van der Waals surface area contributed by atoms with E-state index in [-0.39, 0.29) is 49.8 Å². The summed E-state index contributed by atoms with van der Waals surface area (Å²) in [6, 6.07) is -2.29. The number of nitrogens with zero attached hydrogens (tertiary/aromatic N) is 1. The van der Waals surface area contributed by atoms with Crippen LogP contribution in [0.3, 0.4) is 0 Å². The van der Waals surface area contributed by atoms with Crippen molar-refractivity contribution in [3.05, 3.63) is 81.9 Å². The maximum absolute atomic E-state index is 15.2. The smallest absolute Gasteiger partial charge is 0.490 e. The summed E-state index contributed by atoms with van der Waals surface area (Å²) in [4.78, 5) is 0.595. The highest BCUT2D eigenvalue weighted by Gasteiger charge is 2.52. The summed E-state index contributed by atoms with van der Waals surface area (Å²) in [5, 5.41) is 0. The number of rotatable bonds is 18. The van der Waals surface area contributed by atoms with E-state index in [1.807, 2.05) is 0 Å².